The molecule has 0 fully saturated rings. The van der Waals surface area contributed by atoms with Gasteiger partial charge >= 0.3 is 0 Å². The Kier molecular flexibility index (Phi) is 22.9. The van der Waals surface area contributed by atoms with E-state index in [1.807, 2.05) is 6.92 Å². The van der Waals surface area contributed by atoms with E-state index in [4.69, 9.17) is 28.2 Å². The second-order valence-corrected chi connectivity index (χ2v) is 9.29. The summed E-state index contributed by atoms with van der Waals surface area (Å²) in [5, 5.41) is 8.37. The Morgan fingerprint density at radius 2 is 1.09 bits per heavy atom. The molecule has 0 amide bonds. The predicted molar refractivity (Wildman–Crippen MR) is 134 cm³/mol. The maximum Gasteiger partial charge on any atom is 0.297 e. The van der Waals surface area contributed by atoms with Gasteiger partial charge in [-0.25, -0.2) is 0 Å². The molecule has 0 saturated heterocycles. The summed E-state index contributed by atoms with van der Waals surface area (Å²) in [5.41, 5.74) is 1.00. The van der Waals surface area contributed by atoms with Crippen molar-refractivity contribution in [2.45, 2.75) is 64.2 Å². The SMILES string of the molecule is CCCCCOCCOCCO.CCCCCOCCOCCOS(=O)(=O)c1ccc(C)cc1. The summed E-state index contributed by atoms with van der Waals surface area (Å²) < 4.78 is 49.6. The van der Waals surface area contributed by atoms with Crippen molar-refractivity contribution in [1.29, 1.82) is 0 Å². The van der Waals surface area contributed by atoms with Crippen LogP contribution in [0.3, 0.4) is 0 Å². The predicted octanol–water partition coefficient (Wildman–Crippen LogP) is 4.13. The highest BCUT2D eigenvalue weighted by Gasteiger charge is 2.14. The van der Waals surface area contributed by atoms with Crippen LogP contribution in [0.5, 0.6) is 0 Å². The zero-order chi connectivity index (χ0) is 25.3. The number of ether oxygens (including phenoxy) is 4. The van der Waals surface area contributed by atoms with E-state index in [-0.39, 0.29) is 24.7 Å². The zero-order valence-corrected chi connectivity index (χ0v) is 22.2. The van der Waals surface area contributed by atoms with Crippen molar-refractivity contribution in [3.05, 3.63) is 29.8 Å². The molecule has 0 aromatic heterocycles. The van der Waals surface area contributed by atoms with Gasteiger partial charge in [-0.15, -0.1) is 0 Å². The highest BCUT2D eigenvalue weighted by atomic mass is 32.2. The average molecular weight is 507 g/mol. The molecule has 1 rings (SSSR count). The fourth-order valence-electron chi connectivity index (χ4n) is 2.59. The van der Waals surface area contributed by atoms with Crippen molar-refractivity contribution in [1.82, 2.24) is 0 Å². The summed E-state index contributed by atoms with van der Waals surface area (Å²) in [6.07, 6.45) is 7.00. The lowest BCUT2D eigenvalue weighted by Gasteiger charge is -2.07. The van der Waals surface area contributed by atoms with Crippen LogP contribution < -0.4 is 0 Å². The van der Waals surface area contributed by atoms with Crippen LogP contribution in [0.1, 0.15) is 57.9 Å². The summed E-state index contributed by atoms with van der Waals surface area (Å²) in [4.78, 5) is 0.164. The van der Waals surface area contributed by atoms with Gasteiger partial charge in [-0.1, -0.05) is 57.2 Å². The standard InChI is InChI=1S/C16H26O5S.C9H20O3/c1-3-4-5-10-19-11-12-20-13-14-21-22(17,18)16-8-6-15(2)7-9-16;1-2-3-4-6-11-8-9-12-7-5-10/h6-9H,3-5,10-14H2,1-2H3;10H,2-9H2,1H3. The lowest BCUT2D eigenvalue weighted by Crippen LogP contribution is -2.13. The first kappa shape index (κ1) is 32.9. The molecule has 0 heterocycles. The molecule has 0 aliphatic carbocycles. The maximum atomic E-state index is 11.9. The molecule has 200 valence electrons. The molecule has 1 aromatic carbocycles. The summed E-state index contributed by atoms with van der Waals surface area (Å²) >= 11 is 0. The van der Waals surface area contributed by atoms with E-state index < -0.39 is 10.1 Å². The second-order valence-electron chi connectivity index (χ2n) is 7.68. The summed E-state index contributed by atoms with van der Waals surface area (Å²) in [7, 11) is -3.70. The van der Waals surface area contributed by atoms with E-state index >= 15 is 0 Å². The molecule has 1 aromatic rings. The highest BCUT2D eigenvalue weighted by Crippen LogP contribution is 2.12. The average Bonchev–Trinajstić information content (AvgIpc) is 2.83. The molecule has 0 aliphatic heterocycles. The Hall–Kier alpha value is -1.07. The van der Waals surface area contributed by atoms with Crippen LogP contribution in [-0.2, 0) is 33.2 Å². The molecule has 0 saturated carbocycles. The smallest absolute Gasteiger partial charge is 0.297 e. The third-order valence-corrected chi connectivity index (χ3v) is 5.87. The summed E-state index contributed by atoms with van der Waals surface area (Å²) in [6, 6.07) is 6.55. The molecular weight excluding hydrogens is 460 g/mol. The Morgan fingerprint density at radius 1 is 0.647 bits per heavy atom. The van der Waals surface area contributed by atoms with E-state index in [2.05, 4.69) is 13.8 Å². The molecule has 0 spiro atoms. The van der Waals surface area contributed by atoms with Crippen LogP contribution in [0.2, 0.25) is 0 Å². The largest absolute Gasteiger partial charge is 0.394 e. The van der Waals surface area contributed by atoms with Gasteiger partial charge < -0.3 is 24.1 Å². The Bertz CT molecular complexity index is 639. The molecule has 34 heavy (non-hydrogen) atoms. The first-order valence-electron chi connectivity index (χ1n) is 12.4. The molecule has 9 heteroatoms. The van der Waals surface area contributed by atoms with Gasteiger partial charge in [-0.3, -0.25) is 4.18 Å². The molecule has 0 bridgehead atoms. The van der Waals surface area contributed by atoms with Gasteiger partial charge in [0.1, 0.15) is 0 Å². The lowest BCUT2D eigenvalue weighted by molar-refractivity contribution is 0.0321. The Morgan fingerprint density at radius 3 is 1.56 bits per heavy atom. The van der Waals surface area contributed by atoms with Crippen LogP contribution in [0, 0.1) is 6.92 Å². The van der Waals surface area contributed by atoms with E-state index in [1.165, 1.54) is 37.8 Å². The van der Waals surface area contributed by atoms with E-state index in [1.54, 1.807) is 12.1 Å². The van der Waals surface area contributed by atoms with Crippen molar-refractivity contribution >= 4 is 10.1 Å². The van der Waals surface area contributed by atoms with Gasteiger partial charge in [0.15, 0.2) is 0 Å². The number of benzene rings is 1. The first-order chi connectivity index (χ1) is 16.5. The highest BCUT2D eigenvalue weighted by molar-refractivity contribution is 7.86. The van der Waals surface area contributed by atoms with Gasteiger partial charge in [-0.2, -0.15) is 8.42 Å². The van der Waals surface area contributed by atoms with Crippen molar-refractivity contribution in [2.75, 3.05) is 66.1 Å². The molecule has 0 aliphatic rings. The minimum atomic E-state index is -3.70. The van der Waals surface area contributed by atoms with Crippen LogP contribution >= 0.6 is 0 Å². The Labute approximate surface area is 207 Å². The number of aliphatic hydroxyl groups excluding tert-OH is 1. The molecule has 0 atom stereocenters. The molecule has 0 unspecified atom stereocenters. The van der Waals surface area contributed by atoms with Gasteiger partial charge in [0, 0.05) is 13.2 Å². The lowest BCUT2D eigenvalue weighted by atomic mass is 10.2. The Balaban J connectivity index is 0.000000770. The molecule has 8 nitrogen and oxygen atoms in total. The van der Waals surface area contributed by atoms with Gasteiger partial charge in [0.25, 0.3) is 10.1 Å². The van der Waals surface area contributed by atoms with Crippen LogP contribution in [-0.4, -0.2) is 79.6 Å². The zero-order valence-electron chi connectivity index (χ0n) is 21.3. The third kappa shape index (κ3) is 20.3. The summed E-state index contributed by atoms with van der Waals surface area (Å²) in [5.74, 6) is 0. The van der Waals surface area contributed by atoms with E-state index in [9.17, 15) is 8.42 Å². The quantitative estimate of drug-likeness (QED) is 0.196. The fourth-order valence-corrected chi connectivity index (χ4v) is 3.49. The van der Waals surface area contributed by atoms with Crippen molar-refractivity contribution in [3.8, 4) is 0 Å². The van der Waals surface area contributed by atoms with Gasteiger partial charge in [0.2, 0.25) is 0 Å². The monoisotopic (exact) mass is 506 g/mol. The van der Waals surface area contributed by atoms with Crippen LogP contribution in [0.4, 0.5) is 0 Å². The minimum absolute atomic E-state index is 0.00600. The maximum absolute atomic E-state index is 11.9. The molecule has 0 radical (unpaired) electrons. The normalized spacial score (nSPS) is 11.3. The number of rotatable bonds is 21. The molecule has 1 N–H and O–H groups in total. The van der Waals surface area contributed by atoms with Gasteiger partial charge in [0.05, 0.1) is 57.8 Å². The second kappa shape index (κ2) is 23.7. The van der Waals surface area contributed by atoms with Crippen LogP contribution in [0.25, 0.3) is 0 Å². The van der Waals surface area contributed by atoms with Gasteiger partial charge in [-0.05, 0) is 31.9 Å². The number of hydrogen-bond donors (Lipinski definition) is 1. The third-order valence-electron chi connectivity index (χ3n) is 4.54. The van der Waals surface area contributed by atoms with Crippen molar-refractivity contribution < 1.29 is 36.7 Å². The minimum Gasteiger partial charge on any atom is -0.394 e. The fraction of sp³-hybridized carbons (Fsp3) is 0.760. The number of aryl methyl sites for hydroxylation is 1. The first-order valence-corrected chi connectivity index (χ1v) is 13.8. The van der Waals surface area contributed by atoms with Crippen molar-refractivity contribution in [2.24, 2.45) is 0 Å². The van der Waals surface area contributed by atoms with E-state index in [0.717, 1.165) is 31.6 Å². The topological polar surface area (TPSA) is 101 Å². The van der Waals surface area contributed by atoms with Crippen molar-refractivity contribution in [3.63, 3.8) is 0 Å². The van der Waals surface area contributed by atoms with E-state index in [0.29, 0.717) is 33.0 Å². The molecular formula is C25H46O8S. The number of hydrogen-bond acceptors (Lipinski definition) is 8. The van der Waals surface area contributed by atoms with Crippen LogP contribution in [0.15, 0.2) is 29.2 Å². The summed E-state index contributed by atoms with van der Waals surface area (Å²) in [6.45, 7) is 10.7. The number of unbranched alkanes of at least 4 members (excludes halogenated alkanes) is 4. The number of aliphatic hydroxyl groups is 1.